The van der Waals surface area contributed by atoms with Crippen molar-refractivity contribution in [2.75, 3.05) is 20.7 Å². The molecule has 1 spiro atoms. The third-order valence-electron chi connectivity index (χ3n) is 7.25. The van der Waals surface area contributed by atoms with Crippen LogP contribution in [0.15, 0.2) is 24.3 Å². The highest BCUT2D eigenvalue weighted by atomic mass is 16.5. The molecule has 0 unspecified atom stereocenters. The molecule has 0 aromatic heterocycles. The van der Waals surface area contributed by atoms with Gasteiger partial charge in [0.1, 0.15) is 6.10 Å². The zero-order valence-electron chi connectivity index (χ0n) is 14.3. The molecule has 2 heterocycles. The van der Waals surface area contributed by atoms with Crippen molar-refractivity contribution in [3.8, 4) is 11.5 Å². The third kappa shape index (κ3) is 1.30. The molecular weight excluding hydrogens is 286 g/mol. The number of nitrogens with zero attached hydrogens (tertiary/aromatic N) is 1. The Morgan fingerprint density at radius 1 is 1.30 bits per heavy atom. The number of likely N-dealkylation sites (N-methyl/N-ethyl adjacent to an activating group) is 1. The fraction of sp³-hybridized carbons (Fsp3) is 0.600. The number of rotatable bonds is 2. The molecule has 3 nitrogen and oxygen atoms in total. The van der Waals surface area contributed by atoms with Gasteiger partial charge in [-0.2, -0.15) is 0 Å². The normalized spacial score (nSPS) is 39.8. The quantitative estimate of drug-likeness (QED) is 0.782. The molecule has 0 bridgehead atoms. The highest BCUT2D eigenvalue weighted by molar-refractivity contribution is 5.63. The second-order valence-electron chi connectivity index (χ2n) is 7.64. The van der Waals surface area contributed by atoms with Crippen molar-refractivity contribution < 1.29 is 9.47 Å². The third-order valence-corrected chi connectivity index (χ3v) is 7.25. The van der Waals surface area contributed by atoms with Gasteiger partial charge in [-0.15, -0.1) is 0 Å². The summed E-state index contributed by atoms with van der Waals surface area (Å²) in [6, 6.07) is 4.37. The molecule has 0 amide bonds. The second kappa shape index (κ2) is 4.32. The lowest BCUT2D eigenvalue weighted by Crippen LogP contribution is -2.66. The highest BCUT2D eigenvalue weighted by Gasteiger charge is 2.71. The Bertz CT molecular complexity index is 712. The van der Waals surface area contributed by atoms with E-state index >= 15 is 0 Å². The van der Waals surface area contributed by atoms with E-state index in [1.807, 2.05) is 0 Å². The standard InChI is InChI=1S/C20H25NO2/c1-4-14-6-8-16-19-11-12-21(2)20(14,19)10-9-13-5-7-15(22-3)18(23-16)17(13)19/h5-8,14,16H,4,9-12H2,1-3H3/t14-,16-,19+,20-/m1/s1. The van der Waals surface area contributed by atoms with Gasteiger partial charge >= 0.3 is 0 Å². The monoisotopic (exact) mass is 311 g/mol. The zero-order valence-corrected chi connectivity index (χ0v) is 14.3. The number of likely N-dealkylation sites (tertiary alicyclic amines) is 1. The summed E-state index contributed by atoms with van der Waals surface area (Å²) in [6.45, 7) is 3.50. The minimum absolute atomic E-state index is 0.120. The van der Waals surface area contributed by atoms with Crippen molar-refractivity contribution in [3.63, 3.8) is 0 Å². The van der Waals surface area contributed by atoms with Crippen molar-refractivity contribution in [2.24, 2.45) is 5.92 Å². The summed E-state index contributed by atoms with van der Waals surface area (Å²) in [6.07, 6.45) is 9.74. The lowest BCUT2D eigenvalue weighted by molar-refractivity contribution is -0.00117. The second-order valence-corrected chi connectivity index (χ2v) is 7.64. The Balaban J connectivity index is 1.85. The van der Waals surface area contributed by atoms with Crippen LogP contribution in [-0.2, 0) is 11.8 Å². The summed E-state index contributed by atoms with van der Waals surface area (Å²) in [7, 11) is 4.08. The first-order valence-corrected chi connectivity index (χ1v) is 8.95. The molecule has 0 saturated carbocycles. The lowest BCUT2D eigenvalue weighted by Gasteiger charge is -2.57. The van der Waals surface area contributed by atoms with Crippen LogP contribution < -0.4 is 9.47 Å². The van der Waals surface area contributed by atoms with Crippen molar-refractivity contribution in [3.05, 3.63) is 35.4 Å². The molecule has 4 atom stereocenters. The Morgan fingerprint density at radius 3 is 2.96 bits per heavy atom. The fourth-order valence-electron chi connectivity index (χ4n) is 6.39. The van der Waals surface area contributed by atoms with E-state index in [1.54, 1.807) is 7.11 Å². The average molecular weight is 311 g/mol. The molecule has 5 rings (SSSR count). The number of hydrogen-bond acceptors (Lipinski definition) is 3. The van der Waals surface area contributed by atoms with Crippen molar-refractivity contribution in [1.82, 2.24) is 4.90 Å². The Morgan fingerprint density at radius 2 is 2.17 bits per heavy atom. The van der Waals surface area contributed by atoms with Gasteiger partial charge in [-0.05, 0) is 62.9 Å². The number of aryl methyl sites for hydroxylation is 1. The summed E-state index contributed by atoms with van der Waals surface area (Å²) >= 11 is 0. The van der Waals surface area contributed by atoms with Crippen molar-refractivity contribution in [1.29, 1.82) is 0 Å². The van der Waals surface area contributed by atoms with E-state index in [0.29, 0.717) is 5.92 Å². The lowest BCUT2D eigenvalue weighted by atomic mass is 9.50. The van der Waals surface area contributed by atoms with Crippen LogP contribution >= 0.6 is 0 Å². The molecule has 2 aliphatic carbocycles. The maximum absolute atomic E-state index is 6.53. The van der Waals surface area contributed by atoms with Crippen LogP contribution in [0.1, 0.15) is 37.3 Å². The number of benzene rings is 1. The van der Waals surface area contributed by atoms with Crippen molar-refractivity contribution >= 4 is 0 Å². The van der Waals surface area contributed by atoms with Crippen LogP contribution in [0, 0.1) is 5.92 Å². The first-order valence-electron chi connectivity index (χ1n) is 8.95. The van der Waals surface area contributed by atoms with Gasteiger partial charge in [0.15, 0.2) is 11.5 Å². The predicted octanol–water partition coefficient (Wildman–Crippen LogP) is 3.31. The van der Waals surface area contributed by atoms with Gasteiger partial charge in [-0.25, -0.2) is 0 Å². The molecular formula is C20H25NO2. The maximum atomic E-state index is 6.53. The predicted molar refractivity (Wildman–Crippen MR) is 90.3 cm³/mol. The van der Waals surface area contributed by atoms with Gasteiger partial charge in [0.25, 0.3) is 0 Å². The van der Waals surface area contributed by atoms with Gasteiger partial charge in [0.2, 0.25) is 0 Å². The average Bonchev–Trinajstić information content (AvgIpc) is 3.09. The van der Waals surface area contributed by atoms with E-state index in [9.17, 15) is 0 Å². The van der Waals surface area contributed by atoms with Gasteiger partial charge in [0, 0.05) is 11.1 Å². The molecule has 1 aromatic rings. The zero-order chi connectivity index (χ0) is 15.8. The SMILES string of the molecule is CC[C@@H]1C=C[C@H]2Oc3c(OC)ccc4c3[C@]23CCN(C)[C@]13CC4. The maximum Gasteiger partial charge on any atom is 0.166 e. The Labute approximate surface area is 138 Å². The van der Waals surface area contributed by atoms with E-state index in [2.05, 4.69) is 43.2 Å². The Kier molecular flexibility index (Phi) is 2.62. The van der Waals surface area contributed by atoms with E-state index in [1.165, 1.54) is 30.4 Å². The summed E-state index contributed by atoms with van der Waals surface area (Å²) < 4.78 is 12.2. The highest BCUT2D eigenvalue weighted by Crippen LogP contribution is 2.67. The van der Waals surface area contributed by atoms with Crippen LogP contribution in [0.5, 0.6) is 11.5 Å². The first kappa shape index (κ1) is 13.9. The minimum Gasteiger partial charge on any atom is -0.493 e. The van der Waals surface area contributed by atoms with Crippen LogP contribution in [0.4, 0.5) is 0 Å². The van der Waals surface area contributed by atoms with Gasteiger partial charge in [0.05, 0.1) is 12.5 Å². The first-order chi connectivity index (χ1) is 11.2. The minimum atomic E-state index is 0.120. The van der Waals surface area contributed by atoms with Gasteiger partial charge in [-0.1, -0.05) is 19.1 Å². The van der Waals surface area contributed by atoms with Crippen LogP contribution in [0.2, 0.25) is 0 Å². The van der Waals surface area contributed by atoms with E-state index < -0.39 is 0 Å². The molecule has 2 aliphatic heterocycles. The fourth-order valence-corrected chi connectivity index (χ4v) is 6.39. The number of ether oxygens (including phenoxy) is 2. The molecule has 122 valence electrons. The summed E-state index contributed by atoms with van der Waals surface area (Å²) in [5.41, 5.74) is 3.29. The molecule has 0 radical (unpaired) electrons. The van der Waals surface area contributed by atoms with Gasteiger partial charge in [-0.3, -0.25) is 4.90 Å². The number of hydrogen-bond donors (Lipinski definition) is 0. The van der Waals surface area contributed by atoms with Crippen LogP contribution in [0.3, 0.4) is 0 Å². The molecule has 3 heteroatoms. The van der Waals surface area contributed by atoms with E-state index in [4.69, 9.17) is 9.47 Å². The molecule has 1 aromatic carbocycles. The van der Waals surface area contributed by atoms with E-state index in [-0.39, 0.29) is 17.1 Å². The largest absolute Gasteiger partial charge is 0.493 e. The molecule has 4 aliphatic rings. The van der Waals surface area contributed by atoms with Crippen molar-refractivity contribution in [2.45, 2.75) is 49.7 Å². The Hall–Kier alpha value is -1.48. The summed E-state index contributed by atoms with van der Waals surface area (Å²) in [4.78, 5) is 2.65. The van der Waals surface area contributed by atoms with E-state index in [0.717, 1.165) is 24.5 Å². The molecule has 1 saturated heterocycles. The topological polar surface area (TPSA) is 21.7 Å². The van der Waals surface area contributed by atoms with Crippen LogP contribution in [0.25, 0.3) is 0 Å². The smallest absolute Gasteiger partial charge is 0.166 e. The molecule has 1 fully saturated rings. The molecule has 23 heavy (non-hydrogen) atoms. The van der Waals surface area contributed by atoms with Crippen LogP contribution in [-0.4, -0.2) is 37.2 Å². The summed E-state index contributed by atoms with van der Waals surface area (Å²) in [5.74, 6) is 2.54. The molecule has 0 N–H and O–H groups in total. The number of methoxy groups -OCH3 is 1. The summed E-state index contributed by atoms with van der Waals surface area (Å²) in [5, 5.41) is 0. The van der Waals surface area contributed by atoms with Gasteiger partial charge < -0.3 is 9.47 Å².